The summed E-state index contributed by atoms with van der Waals surface area (Å²) in [6.45, 7) is 10.3. The normalized spacial score (nSPS) is 19.0. The van der Waals surface area contributed by atoms with Gasteiger partial charge in [-0.15, -0.1) is 0 Å². The van der Waals surface area contributed by atoms with E-state index in [9.17, 15) is 0 Å². The Labute approximate surface area is 128 Å². The molecule has 1 atom stereocenters. The lowest BCUT2D eigenvalue weighted by Crippen LogP contribution is -2.32. The van der Waals surface area contributed by atoms with Gasteiger partial charge in [-0.1, -0.05) is 20.8 Å². The molecule has 118 valence electrons. The Balaban J connectivity index is 2.21. The van der Waals surface area contributed by atoms with E-state index in [0.717, 1.165) is 37.7 Å². The van der Waals surface area contributed by atoms with Gasteiger partial charge in [0.1, 0.15) is 5.82 Å². The highest BCUT2D eigenvalue weighted by atomic mass is 15.2. The van der Waals surface area contributed by atoms with Gasteiger partial charge in [0.25, 0.3) is 0 Å². The molecule has 1 unspecified atom stereocenters. The first-order valence-corrected chi connectivity index (χ1v) is 8.00. The topological polar surface area (TPSA) is 44.3 Å². The molecule has 1 fully saturated rings. The predicted molar refractivity (Wildman–Crippen MR) is 87.8 cm³/mol. The fourth-order valence-corrected chi connectivity index (χ4v) is 2.72. The summed E-state index contributed by atoms with van der Waals surface area (Å²) in [6, 6.07) is 0.627. The van der Waals surface area contributed by atoms with E-state index in [1.54, 1.807) is 0 Å². The van der Waals surface area contributed by atoms with Crippen LogP contribution in [-0.4, -0.2) is 54.6 Å². The van der Waals surface area contributed by atoms with Gasteiger partial charge in [0, 0.05) is 31.6 Å². The van der Waals surface area contributed by atoms with Crippen LogP contribution in [0.25, 0.3) is 0 Å². The van der Waals surface area contributed by atoms with E-state index in [1.165, 1.54) is 12.1 Å². The van der Waals surface area contributed by atoms with Crippen LogP contribution in [0.3, 0.4) is 0 Å². The fraction of sp³-hybridized carbons (Fsp3) is 0.750. The fourth-order valence-electron chi connectivity index (χ4n) is 2.72. The first kappa shape index (κ1) is 16.2. The van der Waals surface area contributed by atoms with Crippen LogP contribution in [0.5, 0.6) is 0 Å². The number of hydrogen-bond donors (Lipinski definition) is 1. The summed E-state index contributed by atoms with van der Waals surface area (Å²) in [5, 5.41) is 3.40. The third-order valence-electron chi connectivity index (χ3n) is 4.16. The molecule has 1 aromatic rings. The molecule has 21 heavy (non-hydrogen) atoms. The summed E-state index contributed by atoms with van der Waals surface area (Å²) >= 11 is 0. The Bertz CT molecular complexity index is 458. The molecule has 1 aromatic heterocycles. The van der Waals surface area contributed by atoms with Crippen LogP contribution in [0.15, 0.2) is 6.20 Å². The van der Waals surface area contributed by atoms with Crippen molar-refractivity contribution in [1.29, 1.82) is 0 Å². The molecule has 2 rings (SSSR count). The second-order valence-corrected chi connectivity index (χ2v) is 6.35. The van der Waals surface area contributed by atoms with Crippen LogP contribution in [0.4, 0.5) is 5.69 Å². The smallest absolute Gasteiger partial charge is 0.131 e. The van der Waals surface area contributed by atoms with Crippen LogP contribution < -0.4 is 10.2 Å². The number of hydrogen-bond acceptors (Lipinski definition) is 5. The molecule has 1 aliphatic heterocycles. The molecule has 1 N–H and O–H groups in total. The maximum absolute atomic E-state index is 4.80. The molecule has 0 aromatic carbocycles. The van der Waals surface area contributed by atoms with E-state index in [-0.39, 0.29) is 0 Å². The molecule has 0 spiro atoms. The standard InChI is InChI=1S/C16H29N5/c1-6-17-9-14-15(10-18-16(19-14)12(2)3)21-8-7-13(11-21)20(4)5/h10,12-13,17H,6-9,11H2,1-5H3. The van der Waals surface area contributed by atoms with Crippen molar-refractivity contribution in [3.05, 3.63) is 17.7 Å². The second-order valence-electron chi connectivity index (χ2n) is 6.35. The van der Waals surface area contributed by atoms with Gasteiger partial charge in [0.2, 0.25) is 0 Å². The molecule has 1 saturated heterocycles. The van der Waals surface area contributed by atoms with Crippen molar-refractivity contribution in [3.8, 4) is 0 Å². The highest BCUT2D eigenvalue weighted by Crippen LogP contribution is 2.25. The molecule has 5 heteroatoms. The molecule has 0 aliphatic carbocycles. The van der Waals surface area contributed by atoms with Gasteiger partial charge in [-0.25, -0.2) is 9.97 Å². The van der Waals surface area contributed by atoms with Crippen molar-refractivity contribution in [3.63, 3.8) is 0 Å². The van der Waals surface area contributed by atoms with E-state index >= 15 is 0 Å². The average Bonchev–Trinajstić information content (AvgIpc) is 2.94. The van der Waals surface area contributed by atoms with E-state index in [1.807, 2.05) is 6.20 Å². The van der Waals surface area contributed by atoms with Gasteiger partial charge < -0.3 is 15.1 Å². The van der Waals surface area contributed by atoms with Crippen molar-refractivity contribution >= 4 is 5.69 Å². The number of aromatic nitrogens is 2. The zero-order valence-corrected chi connectivity index (χ0v) is 14.1. The number of nitrogens with zero attached hydrogens (tertiary/aromatic N) is 4. The van der Waals surface area contributed by atoms with Crippen LogP contribution in [-0.2, 0) is 6.54 Å². The Morgan fingerprint density at radius 2 is 2.19 bits per heavy atom. The Hall–Kier alpha value is -1.20. The summed E-state index contributed by atoms with van der Waals surface area (Å²) in [4.78, 5) is 14.1. The quantitative estimate of drug-likeness (QED) is 0.866. The third kappa shape index (κ3) is 3.92. The number of anilines is 1. The minimum atomic E-state index is 0.368. The van der Waals surface area contributed by atoms with Gasteiger partial charge >= 0.3 is 0 Å². The lowest BCUT2D eigenvalue weighted by atomic mass is 10.2. The molecule has 5 nitrogen and oxygen atoms in total. The lowest BCUT2D eigenvalue weighted by molar-refractivity contribution is 0.315. The van der Waals surface area contributed by atoms with Crippen molar-refractivity contribution in [2.75, 3.05) is 38.6 Å². The van der Waals surface area contributed by atoms with Crippen LogP contribution in [0.2, 0.25) is 0 Å². The van der Waals surface area contributed by atoms with Crippen molar-refractivity contribution in [1.82, 2.24) is 20.2 Å². The van der Waals surface area contributed by atoms with Crippen molar-refractivity contribution < 1.29 is 0 Å². The summed E-state index contributed by atoms with van der Waals surface area (Å²) in [6.07, 6.45) is 3.23. The van der Waals surface area contributed by atoms with Crippen LogP contribution >= 0.6 is 0 Å². The number of likely N-dealkylation sites (N-methyl/N-ethyl adjacent to an activating group) is 1. The van der Waals surface area contributed by atoms with Crippen molar-refractivity contribution in [2.24, 2.45) is 0 Å². The number of nitrogens with one attached hydrogen (secondary N) is 1. The summed E-state index contributed by atoms with van der Waals surface area (Å²) < 4.78 is 0. The van der Waals surface area contributed by atoms with Gasteiger partial charge in [0.15, 0.2) is 0 Å². The highest BCUT2D eigenvalue weighted by Gasteiger charge is 2.26. The zero-order chi connectivity index (χ0) is 15.4. The van der Waals surface area contributed by atoms with Gasteiger partial charge in [0.05, 0.1) is 17.6 Å². The van der Waals surface area contributed by atoms with Crippen LogP contribution in [0, 0.1) is 0 Å². The average molecular weight is 291 g/mol. The van der Waals surface area contributed by atoms with Gasteiger partial charge in [-0.05, 0) is 27.1 Å². The summed E-state index contributed by atoms with van der Waals surface area (Å²) in [5.74, 6) is 1.31. The molecular weight excluding hydrogens is 262 g/mol. The first-order chi connectivity index (χ1) is 10.0. The summed E-state index contributed by atoms with van der Waals surface area (Å²) in [7, 11) is 4.32. The SMILES string of the molecule is CCNCc1nc(C(C)C)ncc1N1CCC(N(C)C)C1. The Kier molecular flexibility index (Phi) is 5.53. The second kappa shape index (κ2) is 7.18. The molecular formula is C16H29N5. The lowest BCUT2D eigenvalue weighted by Gasteiger charge is -2.24. The van der Waals surface area contributed by atoms with Gasteiger partial charge in [-0.2, -0.15) is 0 Å². The van der Waals surface area contributed by atoms with Gasteiger partial charge in [-0.3, -0.25) is 0 Å². The predicted octanol–water partition coefficient (Wildman–Crippen LogP) is 1.85. The van der Waals surface area contributed by atoms with E-state index in [0.29, 0.717) is 12.0 Å². The minimum absolute atomic E-state index is 0.368. The molecule has 0 amide bonds. The minimum Gasteiger partial charge on any atom is -0.367 e. The van der Waals surface area contributed by atoms with E-state index in [4.69, 9.17) is 4.98 Å². The van der Waals surface area contributed by atoms with Crippen molar-refractivity contribution in [2.45, 2.75) is 45.7 Å². The highest BCUT2D eigenvalue weighted by molar-refractivity contribution is 5.50. The zero-order valence-electron chi connectivity index (χ0n) is 14.1. The molecule has 0 radical (unpaired) electrons. The summed E-state index contributed by atoms with van der Waals surface area (Å²) in [5.41, 5.74) is 2.33. The largest absolute Gasteiger partial charge is 0.367 e. The van der Waals surface area contributed by atoms with E-state index in [2.05, 4.69) is 55.0 Å². The maximum atomic E-state index is 4.80. The molecule has 2 heterocycles. The Morgan fingerprint density at radius 1 is 1.43 bits per heavy atom. The molecule has 1 aliphatic rings. The Morgan fingerprint density at radius 3 is 2.76 bits per heavy atom. The van der Waals surface area contributed by atoms with E-state index < -0.39 is 0 Å². The molecule has 0 bridgehead atoms. The number of rotatable bonds is 6. The molecule has 0 saturated carbocycles. The monoisotopic (exact) mass is 291 g/mol. The third-order valence-corrected chi connectivity index (χ3v) is 4.16. The maximum Gasteiger partial charge on any atom is 0.131 e. The first-order valence-electron chi connectivity index (χ1n) is 8.00. The van der Waals surface area contributed by atoms with Crippen LogP contribution in [0.1, 0.15) is 44.6 Å².